The summed E-state index contributed by atoms with van der Waals surface area (Å²) in [6.07, 6.45) is 1.31. The van der Waals surface area contributed by atoms with Crippen molar-refractivity contribution in [3.8, 4) is 0 Å². The summed E-state index contributed by atoms with van der Waals surface area (Å²) < 4.78 is 27.5. The van der Waals surface area contributed by atoms with Crippen LogP contribution in [0.25, 0.3) is 0 Å². The highest BCUT2D eigenvalue weighted by atomic mass is 19.1. The van der Waals surface area contributed by atoms with E-state index in [4.69, 9.17) is 0 Å². The van der Waals surface area contributed by atoms with Crippen LogP contribution in [0.15, 0.2) is 36.4 Å². The summed E-state index contributed by atoms with van der Waals surface area (Å²) in [6.45, 7) is 4.12. The molecule has 1 atom stereocenters. The number of hydrogen-bond acceptors (Lipinski definition) is 1. The van der Waals surface area contributed by atoms with Gasteiger partial charge in [-0.05, 0) is 47.7 Å². The lowest BCUT2D eigenvalue weighted by molar-refractivity contribution is 0.561. The Bertz CT molecular complexity index is 631. The van der Waals surface area contributed by atoms with E-state index in [1.54, 1.807) is 0 Å². The third-order valence-electron chi connectivity index (χ3n) is 4.21. The number of fused-ring (bicyclic) bond motifs is 1. The first-order chi connectivity index (χ1) is 10.1. The summed E-state index contributed by atoms with van der Waals surface area (Å²) in [7, 11) is 0. The number of nitrogens with one attached hydrogen (secondary N) is 1. The molecule has 1 N–H and O–H groups in total. The summed E-state index contributed by atoms with van der Waals surface area (Å²) in [5.74, 6) is -0.521. The average Bonchev–Trinajstić information content (AvgIpc) is 2.65. The van der Waals surface area contributed by atoms with Gasteiger partial charge < -0.3 is 5.32 Å². The second-order valence-corrected chi connectivity index (χ2v) is 5.77. The molecule has 1 aliphatic heterocycles. The number of hydrogen-bond donors (Lipinski definition) is 1. The second kappa shape index (κ2) is 5.94. The van der Waals surface area contributed by atoms with E-state index in [0.717, 1.165) is 25.1 Å². The van der Waals surface area contributed by atoms with Gasteiger partial charge in [-0.1, -0.05) is 31.2 Å². The van der Waals surface area contributed by atoms with Gasteiger partial charge in [0.05, 0.1) is 0 Å². The van der Waals surface area contributed by atoms with Crippen LogP contribution in [-0.4, -0.2) is 13.1 Å². The monoisotopic (exact) mass is 287 g/mol. The van der Waals surface area contributed by atoms with E-state index in [1.165, 1.54) is 29.3 Å². The molecule has 0 aliphatic carbocycles. The Morgan fingerprint density at radius 1 is 1.14 bits per heavy atom. The van der Waals surface area contributed by atoms with E-state index in [2.05, 4.69) is 24.4 Å². The molecule has 0 radical (unpaired) electrons. The molecule has 2 aromatic rings. The lowest BCUT2D eigenvalue weighted by atomic mass is 9.91. The summed E-state index contributed by atoms with van der Waals surface area (Å²) in [5.41, 5.74) is 3.75. The maximum Gasteiger partial charge on any atom is 0.129 e. The normalized spacial score (nSPS) is 18.1. The molecule has 0 aromatic heterocycles. The lowest BCUT2D eigenvalue weighted by Gasteiger charge is -2.14. The van der Waals surface area contributed by atoms with Crippen molar-refractivity contribution in [3.05, 3.63) is 70.3 Å². The molecule has 110 valence electrons. The fraction of sp³-hybridized carbons (Fsp3) is 0.333. The van der Waals surface area contributed by atoms with Gasteiger partial charge >= 0.3 is 0 Å². The quantitative estimate of drug-likeness (QED) is 0.886. The minimum Gasteiger partial charge on any atom is -0.316 e. The summed E-state index contributed by atoms with van der Waals surface area (Å²) >= 11 is 0. The van der Waals surface area contributed by atoms with Crippen molar-refractivity contribution in [2.75, 3.05) is 13.1 Å². The zero-order chi connectivity index (χ0) is 14.8. The van der Waals surface area contributed by atoms with Crippen molar-refractivity contribution in [2.45, 2.75) is 25.7 Å². The molecule has 3 heteroatoms. The van der Waals surface area contributed by atoms with Crippen LogP contribution in [0, 0.1) is 11.6 Å². The zero-order valence-corrected chi connectivity index (χ0v) is 12.1. The first-order valence-corrected chi connectivity index (χ1v) is 7.40. The van der Waals surface area contributed by atoms with Crippen LogP contribution in [0.4, 0.5) is 8.78 Å². The third-order valence-corrected chi connectivity index (χ3v) is 4.21. The van der Waals surface area contributed by atoms with E-state index in [1.807, 2.05) is 6.07 Å². The van der Waals surface area contributed by atoms with Gasteiger partial charge in [0.2, 0.25) is 0 Å². The highest BCUT2D eigenvalue weighted by Gasteiger charge is 2.16. The zero-order valence-electron chi connectivity index (χ0n) is 12.1. The summed E-state index contributed by atoms with van der Waals surface area (Å²) in [4.78, 5) is 0. The lowest BCUT2D eigenvalue weighted by Crippen LogP contribution is -2.18. The van der Waals surface area contributed by atoms with Crippen molar-refractivity contribution in [1.82, 2.24) is 5.32 Å². The number of rotatable bonds is 2. The van der Waals surface area contributed by atoms with Gasteiger partial charge in [0.25, 0.3) is 0 Å². The molecule has 0 amide bonds. The van der Waals surface area contributed by atoms with Crippen LogP contribution < -0.4 is 5.32 Å². The van der Waals surface area contributed by atoms with Crippen LogP contribution in [0.5, 0.6) is 0 Å². The number of halogens is 2. The van der Waals surface area contributed by atoms with E-state index in [0.29, 0.717) is 12.3 Å². The van der Waals surface area contributed by atoms with Crippen LogP contribution in [-0.2, 0) is 12.8 Å². The molecule has 1 aliphatic rings. The molecule has 0 spiro atoms. The van der Waals surface area contributed by atoms with Crippen molar-refractivity contribution in [3.63, 3.8) is 0 Å². The topological polar surface area (TPSA) is 12.0 Å². The first-order valence-electron chi connectivity index (χ1n) is 7.40. The third kappa shape index (κ3) is 2.98. The molecule has 0 fully saturated rings. The van der Waals surface area contributed by atoms with Gasteiger partial charge in [0.1, 0.15) is 11.6 Å². The molecule has 0 saturated heterocycles. The Balaban J connectivity index is 1.94. The van der Waals surface area contributed by atoms with E-state index < -0.39 is 11.6 Å². The molecule has 3 rings (SSSR count). The SMILES string of the molecule is CC1CNCCc2ccc(Cc3c(F)cccc3F)cc21. The van der Waals surface area contributed by atoms with Crippen molar-refractivity contribution in [1.29, 1.82) is 0 Å². The predicted octanol–water partition coefficient (Wildman–Crippen LogP) is 3.80. The highest BCUT2D eigenvalue weighted by Crippen LogP contribution is 2.25. The van der Waals surface area contributed by atoms with Gasteiger partial charge in [0, 0.05) is 18.5 Å². The van der Waals surface area contributed by atoms with E-state index >= 15 is 0 Å². The van der Waals surface area contributed by atoms with E-state index in [9.17, 15) is 8.78 Å². The second-order valence-electron chi connectivity index (χ2n) is 5.77. The van der Waals surface area contributed by atoms with Crippen LogP contribution in [0.2, 0.25) is 0 Å². The fourth-order valence-electron chi connectivity index (χ4n) is 3.00. The molecule has 21 heavy (non-hydrogen) atoms. The van der Waals surface area contributed by atoms with Crippen LogP contribution in [0.1, 0.15) is 35.1 Å². The highest BCUT2D eigenvalue weighted by molar-refractivity contribution is 5.38. The van der Waals surface area contributed by atoms with Gasteiger partial charge in [-0.15, -0.1) is 0 Å². The van der Waals surface area contributed by atoms with Crippen molar-refractivity contribution < 1.29 is 8.78 Å². The Labute approximate surface area is 124 Å². The first kappa shape index (κ1) is 14.2. The fourth-order valence-corrected chi connectivity index (χ4v) is 3.00. The minimum absolute atomic E-state index is 0.150. The molecular weight excluding hydrogens is 268 g/mol. The summed E-state index contributed by atoms with van der Waals surface area (Å²) in [6, 6.07) is 10.2. The van der Waals surface area contributed by atoms with Crippen molar-refractivity contribution >= 4 is 0 Å². The van der Waals surface area contributed by atoms with Gasteiger partial charge in [-0.25, -0.2) is 8.78 Å². The maximum absolute atomic E-state index is 13.8. The molecule has 0 saturated carbocycles. The molecular formula is C18H19F2N. The molecule has 1 heterocycles. The largest absolute Gasteiger partial charge is 0.316 e. The minimum atomic E-state index is -0.473. The maximum atomic E-state index is 13.8. The molecule has 2 aromatic carbocycles. The average molecular weight is 287 g/mol. The standard InChI is InChI=1S/C18H19F2N/c1-12-11-21-8-7-14-6-5-13(9-15(12)14)10-16-17(19)3-2-4-18(16)20/h2-6,9,12,21H,7-8,10-11H2,1H3. The van der Waals surface area contributed by atoms with E-state index in [-0.39, 0.29) is 5.56 Å². The van der Waals surface area contributed by atoms with Crippen LogP contribution >= 0.6 is 0 Å². The molecule has 1 nitrogen and oxygen atoms in total. The smallest absolute Gasteiger partial charge is 0.129 e. The van der Waals surface area contributed by atoms with Crippen molar-refractivity contribution in [2.24, 2.45) is 0 Å². The number of benzene rings is 2. The molecule has 0 bridgehead atoms. The predicted molar refractivity (Wildman–Crippen MR) is 80.6 cm³/mol. The Morgan fingerprint density at radius 2 is 1.90 bits per heavy atom. The summed E-state index contributed by atoms with van der Waals surface area (Å²) in [5, 5.41) is 3.41. The van der Waals surface area contributed by atoms with Gasteiger partial charge in [0.15, 0.2) is 0 Å². The van der Waals surface area contributed by atoms with Gasteiger partial charge in [-0.3, -0.25) is 0 Å². The Kier molecular flexibility index (Phi) is 4.02. The Morgan fingerprint density at radius 3 is 2.67 bits per heavy atom. The Hall–Kier alpha value is -1.74. The van der Waals surface area contributed by atoms with Gasteiger partial charge in [-0.2, -0.15) is 0 Å². The van der Waals surface area contributed by atoms with Crippen LogP contribution in [0.3, 0.4) is 0 Å². The molecule has 1 unspecified atom stereocenters.